The predicted octanol–water partition coefficient (Wildman–Crippen LogP) is 1.34. The van der Waals surface area contributed by atoms with Gasteiger partial charge in [0, 0.05) is 24.4 Å². The largest absolute Gasteiger partial charge is 1.00 e. The molecule has 0 N–H and O–H groups in total. The molecule has 1 rings (SSSR count). The molecule has 0 aliphatic rings. The fourth-order valence-corrected chi connectivity index (χ4v) is 2.22. The topological polar surface area (TPSA) is 3.88 Å². The normalized spacial score (nSPS) is 10.1. The zero-order valence-electron chi connectivity index (χ0n) is 11.2. The molecular weight excluding hydrogens is 265 g/mol. The molecule has 0 bridgehead atoms. The average Bonchev–Trinajstić information content (AvgIpc) is 2.38. The van der Waals surface area contributed by atoms with Gasteiger partial charge in [0.1, 0.15) is 6.54 Å². The van der Waals surface area contributed by atoms with Gasteiger partial charge in [-0.2, -0.15) is 0 Å². The average molecular weight is 290 g/mol. The monoisotopic (exact) mass is 289 g/mol. The Bertz CT molecular complexity index is 264. The van der Waals surface area contributed by atoms with Crippen LogP contribution < -0.4 is 17.0 Å². The van der Waals surface area contributed by atoms with Gasteiger partial charge in [-0.25, -0.2) is 4.57 Å². The summed E-state index contributed by atoms with van der Waals surface area (Å²) in [4.78, 5) is 0. The van der Waals surface area contributed by atoms with Gasteiger partial charge in [-0.3, -0.25) is 0 Å². The lowest BCUT2D eigenvalue weighted by Crippen LogP contribution is -3.00. The van der Waals surface area contributed by atoms with E-state index in [1.165, 1.54) is 51.4 Å². The molecule has 1 nitrogen and oxygen atoms in total. The Kier molecular flexibility index (Phi) is 13.0. The SMILES string of the molecule is ClCCCCCCCCCC[n+]1ccccc1.[Cl-]. The standard InChI is InChI=1S/C15H25ClN.ClH/c16-12-8-5-3-1-2-4-6-9-13-17-14-10-7-11-15-17;/h7,10-11,14-15H,1-6,8-9,12-13H2;1H/q+1;/p-1. The minimum Gasteiger partial charge on any atom is -1.00 e. The van der Waals surface area contributed by atoms with Crippen LogP contribution in [-0.2, 0) is 6.54 Å². The van der Waals surface area contributed by atoms with Crippen molar-refractivity contribution in [3.05, 3.63) is 30.6 Å². The van der Waals surface area contributed by atoms with Crippen LogP contribution in [0.3, 0.4) is 0 Å². The van der Waals surface area contributed by atoms with Crippen molar-refractivity contribution < 1.29 is 17.0 Å². The molecule has 1 aromatic heterocycles. The second-order valence-electron chi connectivity index (χ2n) is 4.63. The first-order valence-corrected chi connectivity index (χ1v) is 7.47. The summed E-state index contributed by atoms with van der Waals surface area (Å²) < 4.78 is 2.26. The maximum atomic E-state index is 5.64. The number of aryl methyl sites for hydroxylation is 1. The fraction of sp³-hybridized carbons (Fsp3) is 0.667. The van der Waals surface area contributed by atoms with Crippen LogP contribution in [0.5, 0.6) is 0 Å². The van der Waals surface area contributed by atoms with E-state index in [1.54, 1.807) is 0 Å². The van der Waals surface area contributed by atoms with Crippen LogP contribution in [0.4, 0.5) is 0 Å². The van der Waals surface area contributed by atoms with Crippen LogP contribution in [0.25, 0.3) is 0 Å². The summed E-state index contributed by atoms with van der Waals surface area (Å²) in [7, 11) is 0. The lowest BCUT2D eigenvalue weighted by molar-refractivity contribution is -0.697. The summed E-state index contributed by atoms with van der Waals surface area (Å²) in [5.74, 6) is 0.828. The van der Waals surface area contributed by atoms with E-state index in [-0.39, 0.29) is 12.4 Å². The van der Waals surface area contributed by atoms with Crippen molar-refractivity contribution in [1.29, 1.82) is 0 Å². The van der Waals surface area contributed by atoms with Gasteiger partial charge >= 0.3 is 0 Å². The molecule has 0 radical (unpaired) electrons. The number of pyridine rings is 1. The van der Waals surface area contributed by atoms with Crippen LogP contribution in [0.15, 0.2) is 30.6 Å². The van der Waals surface area contributed by atoms with Crippen molar-refractivity contribution in [1.82, 2.24) is 0 Å². The van der Waals surface area contributed by atoms with E-state index in [9.17, 15) is 0 Å². The Labute approximate surface area is 123 Å². The van der Waals surface area contributed by atoms with Gasteiger partial charge in [0.2, 0.25) is 0 Å². The highest BCUT2D eigenvalue weighted by molar-refractivity contribution is 6.17. The molecule has 0 spiro atoms. The zero-order valence-corrected chi connectivity index (χ0v) is 12.7. The molecule has 0 saturated carbocycles. The summed E-state index contributed by atoms with van der Waals surface area (Å²) >= 11 is 5.64. The molecule has 104 valence electrons. The van der Waals surface area contributed by atoms with E-state index in [0.29, 0.717) is 0 Å². The number of aromatic nitrogens is 1. The highest BCUT2D eigenvalue weighted by Gasteiger charge is 1.97. The van der Waals surface area contributed by atoms with Crippen LogP contribution >= 0.6 is 11.6 Å². The molecule has 0 aliphatic heterocycles. The van der Waals surface area contributed by atoms with E-state index in [0.717, 1.165) is 12.4 Å². The highest BCUT2D eigenvalue weighted by atomic mass is 35.5. The van der Waals surface area contributed by atoms with Gasteiger partial charge in [-0.15, -0.1) is 11.6 Å². The fourth-order valence-electron chi connectivity index (χ4n) is 2.03. The van der Waals surface area contributed by atoms with Crippen LogP contribution in [-0.4, -0.2) is 5.88 Å². The number of hydrogen-bond acceptors (Lipinski definition) is 0. The van der Waals surface area contributed by atoms with Gasteiger partial charge < -0.3 is 12.4 Å². The minimum absolute atomic E-state index is 0. The second-order valence-corrected chi connectivity index (χ2v) is 5.01. The summed E-state index contributed by atoms with van der Waals surface area (Å²) in [6.07, 6.45) is 15.0. The maximum absolute atomic E-state index is 5.64. The zero-order chi connectivity index (χ0) is 12.2. The first-order chi connectivity index (χ1) is 8.43. The molecule has 0 saturated heterocycles. The summed E-state index contributed by atoms with van der Waals surface area (Å²) in [5.41, 5.74) is 0. The molecule has 18 heavy (non-hydrogen) atoms. The first-order valence-electron chi connectivity index (χ1n) is 6.93. The maximum Gasteiger partial charge on any atom is 0.168 e. The molecule has 0 unspecified atom stereocenters. The van der Waals surface area contributed by atoms with Crippen molar-refractivity contribution in [3.8, 4) is 0 Å². The molecule has 1 heterocycles. The summed E-state index contributed by atoms with van der Waals surface area (Å²) in [6.45, 7) is 1.16. The summed E-state index contributed by atoms with van der Waals surface area (Å²) in [6, 6.07) is 6.26. The van der Waals surface area contributed by atoms with Gasteiger partial charge in [-0.05, 0) is 12.8 Å². The smallest absolute Gasteiger partial charge is 0.168 e. The molecule has 0 amide bonds. The lowest BCUT2D eigenvalue weighted by atomic mass is 10.1. The Morgan fingerprint density at radius 3 is 1.72 bits per heavy atom. The third-order valence-electron chi connectivity index (χ3n) is 3.08. The number of unbranched alkanes of at least 4 members (excludes halogenated alkanes) is 7. The molecule has 3 heteroatoms. The Morgan fingerprint density at radius 1 is 0.667 bits per heavy atom. The molecule has 0 aromatic carbocycles. The van der Waals surface area contributed by atoms with Gasteiger partial charge in [0.15, 0.2) is 12.4 Å². The van der Waals surface area contributed by atoms with Crippen molar-refractivity contribution in [2.45, 2.75) is 57.9 Å². The summed E-state index contributed by atoms with van der Waals surface area (Å²) in [5, 5.41) is 0. The number of rotatable bonds is 10. The first kappa shape index (κ1) is 17.7. The van der Waals surface area contributed by atoms with E-state index >= 15 is 0 Å². The molecule has 0 atom stereocenters. The quantitative estimate of drug-likeness (QED) is 0.348. The van der Waals surface area contributed by atoms with Gasteiger partial charge in [0.05, 0.1) is 0 Å². The number of halogens is 2. The third kappa shape index (κ3) is 9.73. The van der Waals surface area contributed by atoms with Crippen LogP contribution in [0, 0.1) is 0 Å². The van der Waals surface area contributed by atoms with Crippen LogP contribution in [0.2, 0.25) is 0 Å². The molecule has 1 aromatic rings. The lowest BCUT2D eigenvalue weighted by Gasteiger charge is -2.00. The van der Waals surface area contributed by atoms with E-state index in [2.05, 4.69) is 35.2 Å². The molecular formula is C15H25Cl2N. The molecule has 0 aliphatic carbocycles. The molecule has 0 fully saturated rings. The van der Waals surface area contributed by atoms with Crippen molar-refractivity contribution in [2.75, 3.05) is 5.88 Å². The van der Waals surface area contributed by atoms with E-state index in [4.69, 9.17) is 11.6 Å². The van der Waals surface area contributed by atoms with Crippen molar-refractivity contribution in [2.24, 2.45) is 0 Å². The Morgan fingerprint density at radius 2 is 1.17 bits per heavy atom. The van der Waals surface area contributed by atoms with Crippen molar-refractivity contribution >= 4 is 11.6 Å². The number of hydrogen-bond donors (Lipinski definition) is 0. The van der Waals surface area contributed by atoms with Crippen LogP contribution in [0.1, 0.15) is 51.4 Å². The number of alkyl halides is 1. The van der Waals surface area contributed by atoms with E-state index in [1.807, 2.05) is 0 Å². The van der Waals surface area contributed by atoms with Crippen molar-refractivity contribution in [3.63, 3.8) is 0 Å². The van der Waals surface area contributed by atoms with Gasteiger partial charge in [-0.1, -0.05) is 38.2 Å². The predicted molar refractivity (Wildman–Crippen MR) is 74.3 cm³/mol. The Balaban J connectivity index is 0.00000289. The van der Waals surface area contributed by atoms with E-state index < -0.39 is 0 Å². The van der Waals surface area contributed by atoms with Gasteiger partial charge in [0.25, 0.3) is 0 Å². The Hall–Kier alpha value is -0.270. The number of nitrogens with zero attached hydrogens (tertiary/aromatic N) is 1. The minimum atomic E-state index is 0. The third-order valence-corrected chi connectivity index (χ3v) is 3.34. The second kappa shape index (κ2) is 13.2. The highest BCUT2D eigenvalue weighted by Crippen LogP contribution is 2.08.